The number of carbonyl (C=O) groups is 2. The van der Waals surface area contributed by atoms with Gasteiger partial charge in [-0.3, -0.25) is 4.79 Å². The molecule has 0 spiro atoms. The quantitative estimate of drug-likeness (QED) is 0.590. The third kappa shape index (κ3) is 4.42. The molecule has 4 rings (SSSR count). The molecule has 0 radical (unpaired) electrons. The van der Waals surface area contributed by atoms with E-state index in [1.165, 1.54) is 5.56 Å². The van der Waals surface area contributed by atoms with Crippen LogP contribution in [0.25, 0.3) is 0 Å². The van der Waals surface area contributed by atoms with Gasteiger partial charge in [0, 0.05) is 28.2 Å². The number of carbonyl (C=O) groups excluding carboxylic acids is 2. The Morgan fingerprint density at radius 2 is 1.84 bits per heavy atom. The Kier molecular flexibility index (Phi) is 6.23. The molecule has 1 fully saturated rings. The van der Waals surface area contributed by atoms with Crippen LogP contribution in [-0.4, -0.2) is 30.0 Å². The average molecular weight is 486 g/mol. The van der Waals surface area contributed by atoms with Crippen LogP contribution in [0, 0.1) is 19.8 Å². The minimum Gasteiger partial charge on any atom is -0.496 e. The molecule has 2 aliphatic rings. The van der Waals surface area contributed by atoms with Gasteiger partial charge in [-0.25, -0.2) is 4.79 Å². The number of methoxy groups -OCH3 is 1. The average Bonchev–Trinajstić information content (AvgIpc) is 2.77. The van der Waals surface area contributed by atoms with Crippen molar-refractivity contribution in [3.63, 3.8) is 0 Å². The SMILES string of the molecule is COc1cc(NC(=O)C2CCC(N3Cc4c(C)ccc(Br)c4NC3=O)CC2)ccc1C. The molecule has 1 heterocycles. The minimum atomic E-state index is -0.0570. The van der Waals surface area contributed by atoms with Crippen LogP contribution in [0.2, 0.25) is 0 Å². The van der Waals surface area contributed by atoms with E-state index in [4.69, 9.17) is 4.74 Å². The number of rotatable bonds is 4. The molecular formula is C24H28BrN3O3. The molecule has 1 aliphatic carbocycles. The fraction of sp³-hybridized carbons (Fsp3) is 0.417. The first-order valence-electron chi connectivity index (χ1n) is 10.7. The third-order valence-corrected chi connectivity index (χ3v) is 7.16. The second-order valence-electron chi connectivity index (χ2n) is 8.45. The molecule has 6 nitrogen and oxygen atoms in total. The lowest BCUT2D eigenvalue weighted by atomic mass is 9.84. The van der Waals surface area contributed by atoms with Gasteiger partial charge < -0.3 is 20.3 Å². The molecule has 2 N–H and O–H groups in total. The summed E-state index contributed by atoms with van der Waals surface area (Å²) in [6.45, 7) is 4.65. The summed E-state index contributed by atoms with van der Waals surface area (Å²) >= 11 is 3.54. The topological polar surface area (TPSA) is 70.7 Å². The largest absolute Gasteiger partial charge is 0.496 e. The van der Waals surface area contributed by atoms with Crippen LogP contribution < -0.4 is 15.4 Å². The van der Waals surface area contributed by atoms with Gasteiger partial charge in [-0.05, 0) is 84.3 Å². The number of amides is 3. The predicted molar refractivity (Wildman–Crippen MR) is 126 cm³/mol. The molecule has 1 aliphatic heterocycles. The summed E-state index contributed by atoms with van der Waals surface area (Å²) in [6.07, 6.45) is 3.19. The summed E-state index contributed by atoms with van der Waals surface area (Å²) < 4.78 is 6.26. The maximum Gasteiger partial charge on any atom is 0.322 e. The van der Waals surface area contributed by atoms with Gasteiger partial charge in [0.25, 0.3) is 0 Å². The molecule has 1 saturated carbocycles. The molecule has 3 amide bonds. The highest BCUT2D eigenvalue weighted by atomic mass is 79.9. The number of fused-ring (bicyclic) bond motifs is 1. The molecule has 0 bridgehead atoms. The number of urea groups is 1. The lowest BCUT2D eigenvalue weighted by molar-refractivity contribution is -0.121. The van der Waals surface area contributed by atoms with Crippen LogP contribution in [0.3, 0.4) is 0 Å². The summed E-state index contributed by atoms with van der Waals surface area (Å²) in [7, 11) is 1.63. The number of anilines is 2. The van der Waals surface area contributed by atoms with Gasteiger partial charge in [0.15, 0.2) is 0 Å². The zero-order chi connectivity index (χ0) is 22.1. The molecule has 0 unspecified atom stereocenters. The van der Waals surface area contributed by atoms with Gasteiger partial charge in [0.05, 0.1) is 19.3 Å². The Morgan fingerprint density at radius 1 is 1.13 bits per heavy atom. The van der Waals surface area contributed by atoms with Gasteiger partial charge in [-0.1, -0.05) is 12.1 Å². The van der Waals surface area contributed by atoms with Crippen LogP contribution in [0.4, 0.5) is 16.2 Å². The van der Waals surface area contributed by atoms with Gasteiger partial charge in [-0.2, -0.15) is 0 Å². The van der Waals surface area contributed by atoms with Crippen molar-refractivity contribution in [1.82, 2.24) is 4.90 Å². The number of benzene rings is 2. The van der Waals surface area contributed by atoms with Crippen molar-refractivity contribution in [1.29, 1.82) is 0 Å². The Morgan fingerprint density at radius 3 is 2.55 bits per heavy atom. The third-order valence-electron chi connectivity index (χ3n) is 6.50. The predicted octanol–water partition coefficient (Wildman–Crippen LogP) is 5.62. The number of nitrogens with one attached hydrogen (secondary N) is 2. The second-order valence-corrected chi connectivity index (χ2v) is 9.31. The van der Waals surface area contributed by atoms with Crippen molar-refractivity contribution < 1.29 is 14.3 Å². The van der Waals surface area contributed by atoms with Gasteiger partial charge >= 0.3 is 6.03 Å². The van der Waals surface area contributed by atoms with E-state index in [1.807, 2.05) is 36.1 Å². The minimum absolute atomic E-state index is 0.0394. The van der Waals surface area contributed by atoms with E-state index < -0.39 is 0 Å². The number of hydrogen-bond acceptors (Lipinski definition) is 3. The lowest BCUT2D eigenvalue weighted by Gasteiger charge is -2.39. The fourth-order valence-corrected chi connectivity index (χ4v) is 5.04. The van der Waals surface area contributed by atoms with Crippen LogP contribution in [0.1, 0.15) is 42.4 Å². The van der Waals surface area contributed by atoms with E-state index in [-0.39, 0.29) is 23.9 Å². The van der Waals surface area contributed by atoms with Crippen molar-refractivity contribution in [3.05, 3.63) is 51.5 Å². The van der Waals surface area contributed by atoms with Crippen LogP contribution >= 0.6 is 15.9 Å². The van der Waals surface area contributed by atoms with Crippen molar-refractivity contribution >= 4 is 39.2 Å². The highest BCUT2D eigenvalue weighted by Gasteiger charge is 2.35. The summed E-state index contributed by atoms with van der Waals surface area (Å²) in [4.78, 5) is 27.5. The zero-order valence-corrected chi connectivity index (χ0v) is 19.7. The molecule has 164 valence electrons. The van der Waals surface area contributed by atoms with E-state index in [9.17, 15) is 9.59 Å². The van der Waals surface area contributed by atoms with Gasteiger partial charge in [0.2, 0.25) is 5.91 Å². The number of ether oxygens (including phenoxy) is 1. The Bertz CT molecular complexity index is 1020. The Balaban J connectivity index is 1.38. The maximum absolute atomic E-state index is 12.8. The first-order valence-corrected chi connectivity index (χ1v) is 11.5. The summed E-state index contributed by atoms with van der Waals surface area (Å²) in [5.74, 6) is 0.761. The maximum atomic E-state index is 12.8. The molecular weight excluding hydrogens is 458 g/mol. The molecule has 0 aromatic heterocycles. The van der Waals surface area contributed by atoms with Gasteiger partial charge in [0.1, 0.15) is 5.75 Å². The van der Waals surface area contributed by atoms with Crippen molar-refractivity contribution in [2.75, 3.05) is 17.7 Å². The monoisotopic (exact) mass is 485 g/mol. The highest BCUT2D eigenvalue weighted by Crippen LogP contribution is 2.37. The smallest absolute Gasteiger partial charge is 0.322 e. The van der Waals surface area contributed by atoms with Crippen molar-refractivity contribution in [3.8, 4) is 5.75 Å². The van der Waals surface area contributed by atoms with Crippen LogP contribution in [0.15, 0.2) is 34.8 Å². The van der Waals surface area contributed by atoms with E-state index in [0.29, 0.717) is 6.54 Å². The first-order chi connectivity index (χ1) is 14.9. The van der Waals surface area contributed by atoms with E-state index >= 15 is 0 Å². The lowest BCUT2D eigenvalue weighted by Crippen LogP contribution is -2.47. The van der Waals surface area contributed by atoms with Gasteiger partial charge in [-0.15, -0.1) is 0 Å². The normalized spacial score (nSPS) is 20.6. The highest BCUT2D eigenvalue weighted by molar-refractivity contribution is 9.10. The molecule has 0 saturated heterocycles. The fourth-order valence-electron chi connectivity index (χ4n) is 4.57. The summed E-state index contributed by atoms with van der Waals surface area (Å²) in [6, 6.07) is 9.83. The molecule has 31 heavy (non-hydrogen) atoms. The van der Waals surface area contributed by atoms with E-state index in [1.54, 1.807) is 7.11 Å². The molecule has 7 heteroatoms. The molecule has 2 aromatic carbocycles. The zero-order valence-electron chi connectivity index (χ0n) is 18.1. The number of nitrogens with zero attached hydrogens (tertiary/aromatic N) is 1. The number of aryl methyl sites for hydroxylation is 2. The molecule has 0 atom stereocenters. The van der Waals surface area contributed by atoms with Crippen molar-refractivity contribution in [2.45, 2.75) is 52.1 Å². The van der Waals surface area contributed by atoms with E-state index in [2.05, 4.69) is 39.6 Å². The first kappa shape index (κ1) is 21.7. The summed E-state index contributed by atoms with van der Waals surface area (Å²) in [5.41, 5.74) is 4.99. The molecule has 2 aromatic rings. The Labute approximate surface area is 191 Å². The number of halogens is 1. The second kappa shape index (κ2) is 8.91. The van der Waals surface area contributed by atoms with Crippen LogP contribution in [-0.2, 0) is 11.3 Å². The van der Waals surface area contributed by atoms with E-state index in [0.717, 1.165) is 58.4 Å². The standard InChI is InChI=1S/C24H28BrN3O3/c1-14-5-11-20(25)22-19(14)13-28(24(30)27-22)18-9-6-16(7-10-18)23(29)26-17-8-4-15(2)21(12-17)31-3/h4-5,8,11-12,16,18H,6-7,9-10,13H2,1-3H3,(H,26,29)(H,27,30). The summed E-state index contributed by atoms with van der Waals surface area (Å²) in [5, 5.41) is 6.07. The van der Waals surface area contributed by atoms with Crippen molar-refractivity contribution in [2.24, 2.45) is 5.92 Å². The van der Waals surface area contributed by atoms with Crippen LogP contribution in [0.5, 0.6) is 5.75 Å². The Hall–Kier alpha value is -2.54. The number of hydrogen-bond donors (Lipinski definition) is 2.